The van der Waals surface area contributed by atoms with E-state index in [1.54, 1.807) is 0 Å². The molecule has 1 nitrogen and oxygen atoms in total. The molecule has 2 saturated carbocycles. The van der Waals surface area contributed by atoms with Crippen molar-refractivity contribution in [3.05, 3.63) is 20.8 Å². The van der Waals surface area contributed by atoms with Crippen LogP contribution in [-0.4, -0.2) is 7.05 Å². The van der Waals surface area contributed by atoms with E-state index in [4.69, 9.17) is 0 Å². The van der Waals surface area contributed by atoms with Crippen molar-refractivity contribution in [2.24, 2.45) is 17.8 Å². The van der Waals surface area contributed by atoms with Gasteiger partial charge in [-0.2, -0.15) is 0 Å². The fourth-order valence-electron chi connectivity index (χ4n) is 3.86. The Labute approximate surface area is 116 Å². The molecule has 0 amide bonds. The van der Waals surface area contributed by atoms with Crippen molar-refractivity contribution in [3.8, 4) is 0 Å². The van der Waals surface area contributed by atoms with Crippen LogP contribution < -0.4 is 5.32 Å². The highest BCUT2D eigenvalue weighted by Gasteiger charge is 2.40. The van der Waals surface area contributed by atoms with E-state index >= 15 is 0 Å². The standard InChI is InChI=1S/C14H20BrNS/c1-16-13(14-7-12(15)8-17-14)6-11-5-9-2-3-10(11)4-9/h7-11,13,16H,2-6H2,1H3. The maximum absolute atomic E-state index is 3.56. The quantitative estimate of drug-likeness (QED) is 0.856. The van der Waals surface area contributed by atoms with Crippen LogP contribution in [0, 0.1) is 17.8 Å². The van der Waals surface area contributed by atoms with E-state index in [2.05, 4.69) is 39.7 Å². The zero-order valence-electron chi connectivity index (χ0n) is 10.3. The van der Waals surface area contributed by atoms with Gasteiger partial charge in [-0.05, 0) is 72.5 Å². The Hall–Kier alpha value is 0.140. The second-order valence-electron chi connectivity index (χ2n) is 5.68. The predicted octanol–water partition coefficient (Wildman–Crippen LogP) is 4.60. The molecule has 2 bridgehead atoms. The average molecular weight is 314 g/mol. The Morgan fingerprint density at radius 3 is 2.88 bits per heavy atom. The van der Waals surface area contributed by atoms with Gasteiger partial charge in [-0.3, -0.25) is 0 Å². The normalized spacial score (nSPS) is 33.2. The van der Waals surface area contributed by atoms with Crippen molar-refractivity contribution in [1.82, 2.24) is 5.32 Å². The Bertz CT molecular complexity index is 389. The molecule has 2 aliphatic carbocycles. The van der Waals surface area contributed by atoms with Gasteiger partial charge < -0.3 is 5.32 Å². The molecular formula is C14H20BrNS. The molecule has 0 aliphatic heterocycles. The number of fused-ring (bicyclic) bond motifs is 2. The highest BCUT2D eigenvalue weighted by molar-refractivity contribution is 9.10. The van der Waals surface area contributed by atoms with Crippen molar-refractivity contribution in [2.75, 3.05) is 7.05 Å². The third-order valence-electron chi connectivity index (χ3n) is 4.70. The van der Waals surface area contributed by atoms with Gasteiger partial charge in [0.25, 0.3) is 0 Å². The molecule has 0 radical (unpaired) electrons. The van der Waals surface area contributed by atoms with Gasteiger partial charge in [0.1, 0.15) is 0 Å². The topological polar surface area (TPSA) is 12.0 Å². The van der Waals surface area contributed by atoms with Crippen LogP contribution >= 0.6 is 27.3 Å². The fraction of sp³-hybridized carbons (Fsp3) is 0.714. The summed E-state index contributed by atoms with van der Waals surface area (Å²) in [4.78, 5) is 1.49. The van der Waals surface area contributed by atoms with Gasteiger partial charge in [-0.25, -0.2) is 0 Å². The van der Waals surface area contributed by atoms with E-state index in [1.165, 1.54) is 41.5 Å². The van der Waals surface area contributed by atoms with E-state index < -0.39 is 0 Å². The first kappa shape index (κ1) is 12.2. The lowest BCUT2D eigenvalue weighted by atomic mass is 9.84. The Morgan fingerprint density at radius 2 is 2.35 bits per heavy atom. The Morgan fingerprint density at radius 1 is 1.47 bits per heavy atom. The molecule has 2 aliphatic rings. The smallest absolute Gasteiger partial charge is 0.0415 e. The molecule has 0 aromatic carbocycles. The lowest BCUT2D eigenvalue weighted by molar-refractivity contribution is 0.285. The van der Waals surface area contributed by atoms with Crippen molar-refractivity contribution < 1.29 is 0 Å². The van der Waals surface area contributed by atoms with Crippen molar-refractivity contribution in [1.29, 1.82) is 0 Å². The second-order valence-corrected chi connectivity index (χ2v) is 7.54. The monoisotopic (exact) mass is 313 g/mol. The van der Waals surface area contributed by atoms with Gasteiger partial charge >= 0.3 is 0 Å². The maximum Gasteiger partial charge on any atom is 0.0415 e. The van der Waals surface area contributed by atoms with Crippen LogP contribution in [0.2, 0.25) is 0 Å². The molecule has 0 spiro atoms. The average Bonchev–Trinajstić information content (AvgIpc) is 3.01. The molecule has 0 saturated heterocycles. The molecule has 3 heteroatoms. The molecule has 17 heavy (non-hydrogen) atoms. The number of thiophene rings is 1. The summed E-state index contributed by atoms with van der Waals surface area (Å²) in [5.41, 5.74) is 0. The molecule has 1 N–H and O–H groups in total. The first-order valence-electron chi connectivity index (χ1n) is 6.67. The molecule has 4 atom stereocenters. The van der Waals surface area contributed by atoms with E-state index in [-0.39, 0.29) is 0 Å². The van der Waals surface area contributed by atoms with Crippen LogP contribution in [0.5, 0.6) is 0 Å². The lowest BCUT2D eigenvalue weighted by Crippen LogP contribution is -2.21. The Kier molecular flexibility index (Phi) is 3.60. The Balaban J connectivity index is 1.66. The number of hydrogen-bond acceptors (Lipinski definition) is 2. The zero-order valence-corrected chi connectivity index (χ0v) is 12.7. The predicted molar refractivity (Wildman–Crippen MR) is 77.4 cm³/mol. The van der Waals surface area contributed by atoms with Gasteiger partial charge in [0, 0.05) is 20.8 Å². The fourth-order valence-corrected chi connectivity index (χ4v) is 5.42. The molecular weight excluding hydrogens is 294 g/mol. The van der Waals surface area contributed by atoms with Gasteiger partial charge in [0.15, 0.2) is 0 Å². The summed E-state index contributed by atoms with van der Waals surface area (Å²) in [6.07, 6.45) is 7.37. The third-order valence-corrected chi connectivity index (χ3v) is 6.51. The highest BCUT2D eigenvalue weighted by Crippen LogP contribution is 2.51. The summed E-state index contributed by atoms with van der Waals surface area (Å²) in [6, 6.07) is 2.84. The SMILES string of the molecule is CNC(CC1CC2CCC1C2)c1cc(Br)cs1. The number of halogens is 1. The van der Waals surface area contributed by atoms with Crippen molar-refractivity contribution >= 4 is 27.3 Å². The van der Waals surface area contributed by atoms with Crippen LogP contribution in [0.3, 0.4) is 0 Å². The van der Waals surface area contributed by atoms with Crippen LogP contribution in [0.25, 0.3) is 0 Å². The highest BCUT2D eigenvalue weighted by atomic mass is 79.9. The van der Waals surface area contributed by atoms with Crippen LogP contribution in [-0.2, 0) is 0 Å². The summed E-state index contributed by atoms with van der Waals surface area (Å²) in [6.45, 7) is 0. The molecule has 94 valence electrons. The number of rotatable bonds is 4. The maximum atomic E-state index is 3.56. The van der Waals surface area contributed by atoms with Crippen LogP contribution in [0.1, 0.15) is 43.0 Å². The molecule has 1 aromatic heterocycles. The summed E-state index contributed by atoms with van der Waals surface area (Å²) in [5, 5.41) is 5.70. The first-order valence-corrected chi connectivity index (χ1v) is 8.34. The van der Waals surface area contributed by atoms with Gasteiger partial charge in [0.05, 0.1) is 0 Å². The van der Waals surface area contributed by atoms with Gasteiger partial charge in [-0.1, -0.05) is 6.42 Å². The largest absolute Gasteiger partial charge is 0.312 e. The summed E-state index contributed by atoms with van der Waals surface area (Å²) >= 11 is 5.43. The lowest BCUT2D eigenvalue weighted by Gasteiger charge is -2.26. The number of nitrogens with one attached hydrogen (secondary N) is 1. The van der Waals surface area contributed by atoms with Crippen LogP contribution in [0.15, 0.2) is 15.9 Å². The molecule has 1 heterocycles. The summed E-state index contributed by atoms with van der Waals surface area (Å²) in [7, 11) is 2.10. The minimum Gasteiger partial charge on any atom is -0.312 e. The van der Waals surface area contributed by atoms with Crippen LogP contribution in [0.4, 0.5) is 0 Å². The summed E-state index contributed by atoms with van der Waals surface area (Å²) in [5.74, 6) is 3.09. The third kappa shape index (κ3) is 2.47. The van der Waals surface area contributed by atoms with E-state index in [0.29, 0.717) is 6.04 Å². The van der Waals surface area contributed by atoms with E-state index in [1.807, 2.05) is 11.3 Å². The second kappa shape index (κ2) is 5.02. The molecule has 3 rings (SSSR count). The van der Waals surface area contributed by atoms with E-state index in [0.717, 1.165) is 17.8 Å². The van der Waals surface area contributed by atoms with Gasteiger partial charge in [0.2, 0.25) is 0 Å². The van der Waals surface area contributed by atoms with Crippen molar-refractivity contribution in [3.63, 3.8) is 0 Å². The minimum absolute atomic E-state index is 0.565. The van der Waals surface area contributed by atoms with E-state index in [9.17, 15) is 0 Å². The summed E-state index contributed by atoms with van der Waals surface area (Å²) < 4.78 is 1.23. The molecule has 2 fully saturated rings. The first-order chi connectivity index (χ1) is 8.26. The molecule has 1 aromatic rings. The molecule has 4 unspecified atom stereocenters. The minimum atomic E-state index is 0.565. The van der Waals surface area contributed by atoms with Crippen molar-refractivity contribution in [2.45, 2.75) is 38.1 Å². The number of hydrogen-bond donors (Lipinski definition) is 1. The zero-order chi connectivity index (χ0) is 11.8. The van der Waals surface area contributed by atoms with Gasteiger partial charge in [-0.15, -0.1) is 11.3 Å².